The van der Waals surface area contributed by atoms with Crippen molar-refractivity contribution in [2.45, 2.75) is 38.4 Å². The highest BCUT2D eigenvalue weighted by molar-refractivity contribution is 6.23. The third-order valence-corrected chi connectivity index (χ3v) is 9.43. The number of nitrogens with one attached hydrogen (secondary N) is 2. The van der Waals surface area contributed by atoms with Gasteiger partial charge in [-0.3, -0.25) is 24.1 Å². The number of para-hydroxylation sites is 2. The molecule has 7 rings (SSSR count). The van der Waals surface area contributed by atoms with Gasteiger partial charge >= 0.3 is 6.03 Å². The van der Waals surface area contributed by atoms with E-state index >= 15 is 0 Å². The van der Waals surface area contributed by atoms with Crippen LogP contribution in [0.25, 0.3) is 0 Å². The van der Waals surface area contributed by atoms with E-state index in [1.165, 1.54) is 0 Å². The zero-order valence-electron chi connectivity index (χ0n) is 26.9. The smallest absolute Gasteiger partial charge is 0.319 e. The Kier molecular flexibility index (Phi) is 8.56. The van der Waals surface area contributed by atoms with Crippen molar-refractivity contribution in [1.29, 1.82) is 0 Å². The van der Waals surface area contributed by atoms with Crippen molar-refractivity contribution in [3.63, 3.8) is 0 Å². The second-order valence-electron chi connectivity index (χ2n) is 12.4. The van der Waals surface area contributed by atoms with Crippen LogP contribution in [-0.2, 0) is 22.7 Å². The van der Waals surface area contributed by atoms with Crippen molar-refractivity contribution in [3.05, 3.63) is 119 Å². The maximum atomic E-state index is 14.2. The van der Waals surface area contributed by atoms with Crippen LogP contribution >= 0.6 is 0 Å². The normalized spacial score (nSPS) is 18.1. The van der Waals surface area contributed by atoms with E-state index in [0.717, 1.165) is 28.2 Å². The van der Waals surface area contributed by atoms with Crippen LogP contribution in [0.1, 0.15) is 51.1 Å². The summed E-state index contributed by atoms with van der Waals surface area (Å²) in [6.07, 6.45) is 2.03. The summed E-state index contributed by atoms with van der Waals surface area (Å²) in [4.78, 5) is 71.4. The topological polar surface area (TPSA) is 128 Å². The van der Waals surface area contributed by atoms with Gasteiger partial charge in [0.25, 0.3) is 11.8 Å². The van der Waals surface area contributed by atoms with Gasteiger partial charge in [0, 0.05) is 18.3 Å². The number of hydrogen-bond acceptors (Lipinski definition) is 6. The molecule has 0 spiro atoms. The Morgan fingerprint density at radius 2 is 1.39 bits per heavy atom. The summed E-state index contributed by atoms with van der Waals surface area (Å²) < 4.78 is 5.17. The highest BCUT2D eigenvalue weighted by Crippen LogP contribution is 2.43. The Labute approximate surface area is 283 Å². The molecule has 3 aliphatic rings. The van der Waals surface area contributed by atoms with Crippen molar-refractivity contribution in [3.8, 4) is 5.75 Å². The van der Waals surface area contributed by atoms with E-state index < -0.39 is 36.2 Å². The molecule has 11 nitrogen and oxygen atoms in total. The van der Waals surface area contributed by atoms with Crippen LogP contribution < -0.4 is 25.2 Å². The quantitative estimate of drug-likeness (QED) is 0.246. The van der Waals surface area contributed by atoms with Gasteiger partial charge < -0.3 is 25.2 Å². The zero-order chi connectivity index (χ0) is 34.1. The Morgan fingerprint density at radius 3 is 2.06 bits per heavy atom. The molecule has 2 unspecified atom stereocenters. The predicted molar refractivity (Wildman–Crippen MR) is 183 cm³/mol. The van der Waals surface area contributed by atoms with E-state index in [1.54, 1.807) is 53.3 Å². The van der Waals surface area contributed by atoms with Crippen LogP contribution in [0.3, 0.4) is 0 Å². The number of carbonyl (C=O) groups is 5. The summed E-state index contributed by atoms with van der Waals surface area (Å²) in [5.74, 6) is -1.17. The fourth-order valence-electron chi connectivity index (χ4n) is 6.98. The van der Waals surface area contributed by atoms with Gasteiger partial charge in [-0.25, -0.2) is 4.79 Å². The highest BCUT2D eigenvalue weighted by atomic mass is 16.5. The minimum atomic E-state index is -0.495. The third-order valence-electron chi connectivity index (χ3n) is 9.43. The fourth-order valence-corrected chi connectivity index (χ4v) is 6.98. The van der Waals surface area contributed by atoms with Crippen molar-refractivity contribution in [2.75, 3.05) is 28.8 Å². The van der Waals surface area contributed by atoms with Crippen LogP contribution in [0, 0.1) is 5.92 Å². The first-order valence-electron chi connectivity index (χ1n) is 16.3. The third kappa shape index (κ3) is 6.11. The first-order chi connectivity index (χ1) is 23.8. The number of anilines is 3. The van der Waals surface area contributed by atoms with Crippen molar-refractivity contribution < 1.29 is 28.7 Å². The Morgan fingerprint density at radius 1 is 0.755 bits per heavy atom. The van der Waals surface area contributed by atoms with E-state index in [2.05, 4.69) is 10.6 Å². The van der Waals surface area contributed by atoms with Gasteiger partial charge in [0.1, 0.15) is 12.3 Å². The fraction of sp³-hybridized carbons (Fsp3) is 0.237. The molecule has 0 bridgehead atoms. The Bertz CT molecular complexity index is 1910. The number of ether oxygens (including phenoxy) is 1. The van der Waals surface area contributed by atoms with Gasteiger partial charge in [-0.15, -0.1) is 0 Å². The molecular formula is C38H35N5O6. The van der Waals surface area contributed by atoms with Gasteiger partial charge in [-0.05, 0) is 72.5 Å². The lowest BCUT2D eigenvalue weighted by Gasteiger charge is -2.31. The predicted octanol–water partition coefficient (Wildman–Crippen LogP) is 5.36. The van der Waals surface area contributed by atoms with Crippen molar-refractivity contribution in [2.24, 2.45) is 5.92 Å². The molecule has 4 aromatic rings. The summed E-state index contributed by atoms with van der Waals surface area (Å²) in [6, 6.07) is 27.8. The van der Waals surface area contributed by atoms with Gasteiger partial charge in [0.15, 0.2) is 0 Å². The number of hydrogen-bond donors (Lipinski definition) is 2. The van der Waals surface area contributed by atoms with E-state index in [-0.39, 0.29) is 29.6 Å². The molecule has 1 aliphatic carbocycles. The van der Waals surface area contributed by atoms with E-state index in [9.17, 15) is 24.0 Å². The minimum absolute atomic E-state index is 0.0777. The van der Waals surface area contributed by atoms with Gasteiger partial charge in [0.2, 0.25) is 11.8 Å². The first kappa shape index (κ1) is 31.6. The van der Waals surface area contributed by atoms with Gasteiger partial charge in [0.05, 0.1) is 42.1 Å². The summed E-state index contributed by atoms with van der Waals surface area (Å²) in [5, 5.41) is 5.68. The maximum Gasteiger partial charge on any atom is 0.319 e. The van der Waals surface area contributed by atoms with Crippen LogP contribution in [0.5, 0.6) is 5.75 Å². The molecule has 2 heterocycles. The minimum Gasteiger partial charge on any atom is -0.497 e. The van der Waals surface area contributed by atoms with Crippen LogP contribution in [0.4, 0.5) is 21.9 Å². The Balaban J connectivity index is 1.07. The van der Waals surface area contributed by atoms with E-state index in [0.29, 0.717) is 36.4 Å². The zero-order valence-corrected chi connectivity index (χ0v) is 26.9. The first-order valence-corrected chi connectivity index (χ1v) is 16.3. The molecule has 248 valence electrons. The average molecular weight is 658 g/mol. The lowest BCUT2D eigenvalue weighted by Crippen LogP contribution is -2.49. The molecule has 2 N–H and O–H groups in total. The molecule has 0 aromatic heterocycles. The van der Waals surface area contributed by atoms with E-state index in [1.807, 2.05) is 60.7 Å². The summed E-state index contributed by atoms with van der Waals surface area (Å²) in [6.45, 7) is 0.189. The summed E-state index contributed by atoms with van der Waals surface area (Å²) >= 11 is 0. The molecular weight excluding hydrogens is 622 g/mol. The largest absolute Gasteiger partial charge is 0.497 e. The number of urea groups is 1. The van der Waals surface area contributed by atoms with E-state index in [4.69, 9.17) is 4.74 Å². The number of amides is 6. The summed E-state index contributed by atoms with van der Waals surface area (Å²) in [7, 11) is 1.60. The van der Waals surface area contributed by atoms with Crippen LogP contribution in [0.2, 0.25) is 0 Å². The number of benzene rings is 4. The molecule has 6 amide bonds. The van der Waals surface area contributed by atoms with Gasteiger partial charge in [-0.1, -0.05) is 55.0 Å². The average Bonchev–Trinajstić information content (AvgIpc) is 3.67. The monoisotopic (exact) mass is 657 g/mol. The molecule has 1 fully saturated rings. The number of methoxy groups -OCH3 is 1. The Hall–Kier alpha value is -5.97. The standard InChI is InChI=1S/C38H35N5O6/c1-49-27-19-15-24(16-20-27)21-39-38(48)40-26-17-13-25(14-18-26)22-41-32-10-4-5-11-33(32)43(31-12-6-9-30(31)37(41)47)34(44)23-42-35(45)28-7-2-3-8-29(28)36(42)46/h2-5,7-8,10-11,13-20,30-31H,6,9,12,21-23H2,1H3,(H2,39,40,48). The molecule has 2 aliphatic heterocycles. The number of rotatable bonds is 8. The molecule has 4 aromatic carbocycles. The van der Waals surface area contributed by atoms with Crippen molar-refractivity contribution in [1.82, 2.24) is 10.2 Å². The SMILES string of the molecule is COc1ccc(CNC(=O)Nc2ccc(CN3C(=O)C4CCCC4N(C(=O)CN4C(=O)c5ccccc5C4=O)c4ccccc43)cc2)cc1. The lowest BCUT2D eigenvalue weighted by atomic mass is 10.0. The molecule has 0 saturated heterocycles. The number of carbonyl (C=O) groups excluding carboxylic acids is 5. The van der Waals surface area contributed by atoms with Crippen LogP contribution in [-0.4, -0.2) is 54.3 Å². The molecule has 0 radical (unpaired) electrons. The molecule has 2 atom stereocenters. The summed E-state index contributed by atoms with van der Waals surface area (Å²) in [5.41, 5.74) is 4.09. The second-order valence-corrected chi connectivity index (χ2v) is 12.4. The number of imide groups is 1. The highest BCUT2D eigenvalue weighted by Gasteiger charge is 2.47. The molecule has 49 heavy (non-hydrogen) atoms. The molecule has 1 saturated carbocycles. The maximum absolute atomic E-state index is 14.2. The number of nitrogens with zero attached hydrogens (tertiary/aromatic N) is 3. The van der Waals surface area contributed by atoms with Crippen LogP contribution in [0.15, 0.2) is 97.1 Å². The lowest BCUT2D eigenvalue weighted by molar-refractivity contribution is -0.123. The van der Waals surface area contributed by atoms with Gasteiger partial charge in [-0.2, -0.15) is 0 Å². The van der Waals surface area contributed by atoms with Crippen molar-refractivity contribution >= 4 is 46.7 Å². The second kappa shape index (κ2) is 13.3. The molecule has 11 heteroatoms. The number of fused-ring (bicyclic) bond motifs is 3.